The van der Waals surface area contributed by atoms with Crippen molar-refractivity contribution in [1.82, 2.24) is 24.6 Å². The van der Waals surface area contributed by atoms with Crippen molar-refractivity contribution in [1.29, 1.82) is 0 Å². The molecule has 5 heterocycles. The third-order valence-corrected chi connectivity index (χ3v) is 10.0. The van der Waals surface area contributed by atoms with Crippen molar-refractivity contribution in [3.05, 3.63) is 82.8 Å². The lowest BCUT2D eigenvalue weighted by atomic mass is 9.92. The number of hydrogen-bond acceptors (Lipinski definition) is 9. The Morgan fingerprint density at radius 3 is 1.82 bits per heavy atom. The number of fused-ring (bicyclic) bond motifs is 1. The van der Waals surface area contributed by atoms with E-state index in [9.17, 15) is 44.3 Å². The molecule has 2 aliphatic rings. The van der Waals surface area contributed by atoms with Crippen LogP contribution >= 0.6 is 23.4 Å². The highest BCUT2D eigenvalue weighted by Crippen LogP contribution is 2.47. The number of carbonyl (C=O) groups is 4. The van der Waals surface area contributed by atoms with Gasteiger partial charge in [-0.3, -0.25) is 19.4 Å². The Morgan fingerprint density at radius 1 is 0.817 bits per heavy atom. The summed E-state index contributed by atoms with van der Waals surface area (Å²) in [5.74, 6) is -5.76. The van der Waals surface area contributed by atoms with E-state index in [4.69, 9.17) is 51.4 Å². The summed E-state index contributed by atoms with van der Waals surface area (Å²) in [7, 11) is 1.97. The average molecular weight is 901 g/mol. The van der Waals surface area contributed by atoms with Gasteiger partial charge in [-0.1, -0.05) is 35.9 Å². The number of carboxylic acid groups (broad SMARTS) is 3. The fourth-order valence-electron chi connectivity index (χ4n) is 5.59. The number of carbonyl (C=O) groups excluding carboxylic acids is 1. The molecule has 0 radical (unpaired) electrons. The van der Waals surface area contributed by atoms with E-state index < -0.39 is 36.4 Å². The van der Waals surface area contributed by atoms with E-state index in [0.29, 0.717) is 5.92 Å². The molecule has 0 aliphatic carbocycles. The van der Waals surface area contributed by atoms with Crippen LogP contribution in [0.3, 0.4) is 0 Å². The van der Waals surface area contributed by atoms with E-state index in [1.807, 2.05) is 58.9 Å². The third-order valence-electron chi connectivity index (χ3n) is 8.42. The Bertz CT molecular complexity index is 2060. The zero-order chi connectivity index (χ0) is 45.2. The Morgan fingerprint density at radius 2 is 1.37 bits per heavy atom. The van der Waals surface area contributed by atoms with Crippen LogP contribution in [0.4, 0.5) is 45.3 Å². The topological polar surface area (TPSA) is 188 Å². The summed E-state index contributed by atoms with van der Waals surface area (Å²) in [6, 6.07) is 16.5. The van der Waals surface area contributed by atoms with Crippen molar-refractivity contribution in [2.75, 3.05) is 30.7 Å². The van der Waals surface area contributed by atoms with E-state index in [1.165, 1.54) is 0 Å². The molecule has 1 unspecified atom stereocenters. The van der Waals surface area contributed by atoms with Gasteiger partial charge < -0.3 is 25.5 Å². The number of nitrogens with zero attached hydrogens (tertiary/aromatic N) is 5. The fourth-order valence-corrected chi connectivity index (χ4v) is 7.18. The SMILES string of the molecule is CC(=O)N1CCC(c2ccc(-c3ccc(C4SCCNc5c4c(-c4ccccn4)nn5C)c(Cl)c3)cn2)CC1.O=C(O)C(F)(F)F.O=C(O)C(F)(F)F.O=C(O)C(F)(F)F. The number of aryl methyl sites for hydroxylation is 1. The molecule has 6 rings (SSSR count). The number of likely N-dealkylation sites (tertiary alicyclic amines) is 1. The molecule has 1 saturated heterocycles. The zero-order valence-electron chi connectivity index (χ0n) is 31.1. The number of halogens is 10. The van der Waals surface area contributed by atoms with Crippen molar-refractivity contribution in [3.8, 4) is 22.5 Å². The van der Waals surface area contributed by atoms with E-state index in [1.54, 1.807) is 13.1 Å². The number of benzene rings is 1. The molecule has 1 fully saturated rings. The number of amides is 1. The lowest BCUT2D eigenvalue weighted by Crippen LogP contribution is -2.36. The molecule has 0 spiro atoms. The van der Waals surface area contributed by atoms with Crippen LogP contribution < -0.4 is 5.32 Å². The third kappa shape index (κ3) is 13.7. The van der Waals surface area contributed by atoms with Crippen molar-refractivity contribution < 1.29 is 74.0 Å². The van der Waals surface area contributed by atoms with E-state index >= 15 is 0 Å². The number of anilines is 1. The lowest BCUT2D eigenvalue weighted by Gasteiger charge is -2.31. The highest BCUT2D eigenvalue weighted by Gasteiger charge is 2.39. The minimum Gasteiger partial charge on any atom is -0.475 e. The number of aromatic nitrogens is 4. The first kappa shape index (κ1) is 48.8. The normalized spacial score (nSPS) is 15.5. The van der Waals surface area contributed by atoms with Gasteiger partial charge in [0.2, 0.25) is 5.91 Å². The number of alkyl halides is 9. The molecule has 60 heavy (non-hydrogen) atoms. The van der Waals surface area contributed by atoms with Gasteiger partial charge in [-0.15, -0.1) is 11.8 Å². The first-order valence-corrected chi connectivity index (χ1v) is 18.5. The van der Waals surface area contributed by atoms with Crippen LogP contribution in [0.2, 0.25) is 5.02 Å². The van der Waals surface area contributed by atoms with E-state index in [-0.39, 0.29) is 11.2 Å². The van der Waals surface area contributed by atoms with Gasteiger partial charge in [-0.2, -0.15) is 44.6 Å². The number of aliphatic carboxylic acids is 3. The maximum absolute atomic E-state index is 11.6. The summed E-state index contributed by atoms with van der Waals surface area (Å²) in [6.45, 7) is 4.10. The zero-order valence-corrected chi connectivity index (χ0v) is 32.6. The van der Waals surface area contributed by atoms with Gasteiger partial charge in [-0.25, -0.2) is 14.4 Å². The monoisotopic (exact) mass is 900 g/mol. The van der Waals surface area contributed by atoms with Crippen LogP contribution in [-0.2, 0) is 26.2 Å². The minimum atomic E-state index is -5.08. The number of rotatable bonds is 4. The molecule has 0 bridgehead atoms. The second-order valence-electron chi connectivity index (χ2n) is 12.5. The van der Waals surface area contributed by atoms with Crippen LogP contribution in [0.25, 0.3) is 22.5 Å². The van der Waals surface area contributed by atoms with Gasteiger partial charge >= 0.3 is 36.4 Å². The lowest BCUT2D eigenvalue weighted by molar-refractivity contribution is -0.193. The standard InChI is InChI=1S/C30H31ClN6OS.3C2HF3O2/c1-19(38)37-14-10-20(11-15-37)25-9-7-22(18-34-25)21-6-8-23(24(31)17-21)29-27-28(26-5-3-4-12-32-26)35-36(2)30(27)33-13-16-39-29;3*3-2(4,5)1(6)7/h3-9,12,17-18,20,29,33H,10-11,13-16H2,1-2H3;3*(H,6,7). The van der Waals surface area contributed by atoms with Gasteiger partial charge in [0.15, 0.2) is 0 Å². The minimum absolute atomic E-state index is 0.0311. The largest absolute Gasteiger partial charge is 0.490 e. The Balaban J connectivity index is 0.000000377. The fraction of sp³-hybridized carbons (Fsp3) is 0.361. The van der Waals surface area contributed by atoms with Crippen LogP contribution in [0.1, 0.15) is 47.8 Å². The quantitative estimate of drug-likeness (QED) is 0.145. The summed E-state index contributed by atoms with van der Waals surface area (Å²) in [6.07, 6.45) is -9.59. The molecular formula is C36H34ClF9N6O7S. The molecule has 326 valence electrons. The Labute approximate surface area is 343 Å². The molecule has 0 saturated carbocycles. The van der Waals surface area contributed by atoms with Crippen LogP contribution in [-0.4, -0.2) is 108 Å². The highest BCUT2D eigenvalue weighted by atomic mass is 35.5. The molecule has 1 amide bonds. The maximum Gasteiger partial charge on any atom is 0.490 e. The molecule has 13 nitrogen and oxygen atoms in total. The average Bonchev–Trinajstić information content (AvgIpc) is 3.34. The molecular weight excluding hydrogens is 867 g/mol. The summed E-state index contributed by atoms with van der Waals surface area (Å²) >= 11 is 8.87. The van der Waals surface area contributed by atoms with Crippen LogP contribution in [0, 0.1) is 0 Å². The molecule has 24 heteroatoms. The van der Waals surface area contributed by atoms with Crippen molar-refractivity contribution in [3.63, 3.8) is 0 Å². The number of piperidine rings is 1. The van der Waals surface area contributed by atoms with Gasteiger partial charge in [-0.05, 0) is 48.2 Å². The predicted molar refractivity (Wildman–Crippen MR) is 199 cm³/mol. The van der Waals surface area contributed by atoms with Gasteiger partial charge in [0.1, 0.15) is 11.5 Å². The van der Waals surface area contributed by atoms with Crippen molar-refractivity contribution >= 4 is 53.0 Å². The summed E-state index contributed by atoms with van der Waals surface area (Å²) < 4.78 is 97.1. The van der Waals surface area contributed by atoms with Crippen LogP contribution in [0.15, 0.2) is 60.9 Å². The number of thioether (sulfide) groups is 1. The molecule has 4 N–H and O–H groups in total. The predicted octanol–water partition coefficient (Wildman–Crippen LogP) is 8.07. The van der Waals surface area contributed by atoms with Crippen LogP contribution in [0.5, 0.6) is 0 Å². The van der Waals surface area contributed by atoms with Gasteiger partial charge in [0.25, 0.3) is 0 Å². The second-order valence-corrected chi connectivity index (χ2v) is 14.1. The summed E-state index contributed by atoms with van der Waals surface area (Å²) in [5.41, 5.74) is 7.11. The molecule has 1 atom stereocenters. The summed E-state index contributed by atoms with van der Waals surface area (Å²) in [5, 5.41) is 30.5. The summed E-state index contributed by atoms with van der Waals surface area (Å²) in [4.78, 5) is 49.6. The van der Waals surface area contributed by atoms with Gasteiger partial charge in [0, 0.05) is 79.5 Å². The second kappa shape index (κ2) is 20.6. The molecule has 4 aromatic rings. The smallest absolute Gasteiger partial charge is 0.475 e. The number of nitrogens with one attached hydrogen (secondary N) is 1. The maximum atomic E-state index is 11.6. The molecule has 3 aromatic heterocycles. The van der Waals surface area contributed by atoms with E-state index in [0.717, 1.165) is 88.4 Å². The first-order valence-electron chi connectivity index (χ1n) is 17.1. The highest BCUT2D eigenvalue weighted by molar-refractivity contribution is 7.99. The Kier molecular flexibility index (Phi) is 16.7. The van der Waals surface area contributed by atoms with Crippen molar-refractivity contribution in [2.45, 2.75) is 49.5 Å². The Hall–Kier alpha value is -5.58. The number of pyridine rings is 2. The van der Waals surface area contributed by atoms with Gasteiger partial charge in [0.05, 0.1) is 10.9 Å². The van der Waals surface area contributed by atoms with Crippen molar-refractivity contribution in [2.24, 2.45) is 7.05 Å². The number of hydrogen-bond donors (Lipinski definition) is 4. The van der Waals surface area contributed by atoms with E-state index in [2.05, 4.69) is 34.6 Å². The molecule has 1 aromatic carbocycles. The first-order chi connectivity index (χ1) is 27.8. The molecule has 2 aliphatic heterocycles. The number of carboxylic acids is 3.